The van der Waals surface area contributed by atoms with Crippen LogP contribution in [-0.4, -0.2) is 29.3 Å². The van der Waals surface area contributed by atoms with Gasteiger partial charge >= 0.3 is 6.61 Å². The van der Waals surface area contributed by atoms with Gasteiger partial charge in [0.25, 0.3) is 0 Å². The average molecular weight is 401 g/mol. The zero-order valence-corrected chi connectivity index (χ0v) is 15.6. The number of hydrogen-bond acceptors (Lipinski definition) is 5. The van der Waals surface area contributed by atoms with Crippen LogP contribution in [0.25, 0.3) is 11.3 Å². The molecule has 0 spiro atoms. The summed E-state index contributed by atoms with van der Waals surface area (Å²) in [7, 11) is 0. The Labute approximate surface area is 166 Å². The number of benzene rings is 2. The summed E-state index contributed by atoms with van der Waals surface area (Å²) in [5, 5.41) is 4.57. The van der Waals surface area contributed by atoms with Crippen LogP contribution in [0, 0.1) is 0 Å². The first-order chi connectivity index (χ1) is 14.1. The monoisotopic (exact) mass is 401 g/mol. The molecule has 152 valence electrons. The number of anilines is 1. The van der Waals surface area contributed by atoms with E-state index in [-0.39, 0.29) is 11.5 Å². The van der Waals surface area contributed by atoms with Crippen molar-refractivity contribution in [3.63, 3.8) is 0 Å². The van der Waals surface area contributed by atoms with E-state index in [0.29, 0.717) is 31.0 Å². The minimum absolute atomic E-state index is 0.0273. The van der Waals surface area contributed by atoms with Gasteiger partial charge in [0.05, 0.1) is 18.8 Å². The smallest absolute Gasteiger partial charge is 0.387 e. The van der Waals surface area contributed by atoms with Crippen molar-refractivity contribution in [2.24, 2.45) is 0 Å². The number of nitrogen functional groups attached to an aromatic ring is 1. The van der Waals surface area contributed by atoms with Gasteiger partial charge in [0.2, 0.25) is 0 Å². The minimum atomic E-state index is -2.94. The molecule has 2 aromatic carbocycles. The third-order valence-electron chi connectivity index (χ3n) is 4.57. The summed E-state index contributed by atoms with van der Waals surface area (Å²) in [4.78, 5) is 0. The van der Waals surface area contributed by atoms with Crippen LogP contribution in [0.2, 0.25) is 0 Å². The lowest BCUT2D eigenvalue weighted by molar-refractivity contribution is -0.0632. The normalized spacial score (nSPS) is 16.3. The molecule has 1 atom stereocenters. The Kier molecular flexibility index (Phi) is 5.62. The van der Waals surface area contributed by atoms with Gasteiger partial charge in [-0.1, -0.05) is 12.1 Å². The maximum absolute atomic E-state index is 12.7. The largest absolute Gasteiger partial charge is 0.461 e. The second-order valence-electron chi connectivity index (χ2n) is 6.74. The highest BCUT2D eigenvalue weighted by molar-refractivity contribution is 5.63. The number of rotatable bonds is 7. The van der Waals surface area contributed by atoms with Gasteiger partial charge in [0.1, 0.15) is 0 Å². The molecule has 1 aliphatic heterocycles. The van der Waals surface area contributed by atoms with E-state index < -0.39 is 12.9 Å². The Bertz CT molecular complexity index is 954. The molecule has 1 aliphatic rings. The molecular weight excluding hydrogens is 380 g/mol. The highest BCUT2D eigenvalue weighted by Crippen LogP contribution is 2.35. The molecule has 0 radical (unpaired) electrons. The zero-order chi connectivity index (χ0) is 20.2. The maximum atomic E-state index is 12.7. The molecular formula is C21H21F2N3O3. The van der Waals surface area contributed by atoms with Crippen LogP contribution in [0.4, 0.5) is 14.5 Å². The van der Waals surface area contributed by atoms with Crippen LogP contribution in [0.1, 0.15) is 18.4 Å². The third-order valence-corrected chi connectivity index (χ3v) is 4.57. The molecule has 0 saturated carbocycles. The fourth-order valence-electron chi connectivity index (χ4n) is 3.15. The van der Waals surface area contributed by atoms with Crippen LogP contribution in [0.3, 0.4) is 0 Å². The van der Waals surface area contributed by atoms with Crippen LogP contribution >= 0.6 is 0 Å². The molecule has 2 heterocycles. The predicted octanol–water partition coefficient (Wildman–Crippen LogP) is 4.30. The van der Waals surface area contributed by atoms with Gasteiger partial charge in [-0.05, 0) is 48.4 Å². The highest BCUT2D eigenvalue weighted by Gasteiger charge is 2.21. The van der Waals surface area contributed by atoms with Crippen molar-refractivity contribution in [2.45, 2.75) is 32.3 Å². The van der Waals surface area contributed by atoms with Crippen LogP contribution in [0.5, 0.6) is 11.5 Å². The molecule has 0 aliphatic carbocycles. The lowest BCUT2D eigenvalue weighted by Crippen LogP contribution is -2.15. The van der Waals surface area contributed by atoms with Crippen LogP contribution in [0.15, 0.2) is 54.7 Å². The van der Waals surface area contributed by atoms with Gasteiger partial charge in [0, 0.05) is 23.9 Å². The standard InChI is InChI=1S/C21H21F2N3O3/c22-21(23)29-18-8-5-15(12-19(18)28-20-2-1-11-27-20)17-9-10-26(25-17)13-14-3-6-16(24)7-4-14/h3-10,12,20-21H,1-2,11,13,24H2/t20-/m0/s1. The number of hydrogen-bond donors (Lipinski definition) is 1. The van der Waals surface area contributed by atoms with Crippen molar-refractivity contribution < 1.29 is 23.0 Å². The number of aromatic nitrogens is 2. The number of nitrogens with zero attached hydrogens (tertiary/aromatic N) is 2. The van der Waals surface area contributed by atoms with Crippen LogP contribution in [-0.2, 0) is 11.3 Å². The summed E-state index contributed by atoms with van der Waals surface area (Å²) in [5.74, 6) is 0.184. The van der Waals surface area contributed by atoms with E-state index >= 15 is 0 Å². The highest BCUT2D eigenvalue weighted by atomic mass is 19.3. The second-order valence-corrected chi connectivity index (χ2v) is 6.74. The van der Waals surface area contributed by atoms with Crippen molar-refractivity contribution in [2.75, 3.05) is 12.3 Å². The van der Waals surface area contributed by atoms with Gasteiger partial charge in [-0.15, -0.1) is 0 Å². The molecule has 0 bridgehead atoms. The van der Waals surface area contributed by atoms with E-state index in [1.165, 1.54) is 6.07 Å². The summed E-state index contributed by atoms with van der Waals surface area (Å²) in [5.41, 5.74) is 8.92. The summed E-state index contributed by atoms with van der Waals surface area (Å²) < 4.78 is 43.1. The predicted molar refractivity (Wildman–Crippen MR) is 104 cm³/mol. The Morgan fingerprint density at radius 3 is 2.69 bits per heavy atom. The second kappa shape index (κ2) is 8.48. The fourth-order valence-corrected chi connectivity index (χ4v) is 3.15. The summed E-state index contributed by atoms with van der Waals surface area (Å²) >= 11 is 0. The van der Waals surface area contributed by atoms with Crippen LogP contribution < -0.4 is 15.2 Å². The van der Waals surface area contributed by atoms with Crippen molar-refractivity contribution in [3.05, 3.63) is 60.3 Å². The van der Waals surface area contributed by atoms with Crippen molar-refractivity contribution >= 4 is 5.69 Å². The van der Waals surface area contributed by atoms with Gasteiger partial charge in [-0.2, -0.15) is 13.9 Å². The molecule has 0 amide bonds. The summed E-state index contributed by atoms with van der Waals surface area (Å²) in [6.45, 7) is -1.76. The van der Waals surface area contributed by atoms with Crippen molar-refractivity contribution in [1.82, 2.24) is 9.78 Å². The maximum Gasteiger partial charge on any atom is 0.387 e. The van der Waals surface area contributed by atoms with Gasteiger partial charge in [0.15, 0.2) is 17.8 Å². The average Bonchev–Trinajstić information content (AvgIpc) is 3.37. The summed E-state index contributed by atoms with van der Waals surface area (Å²) in [6, 6.07) is 14.2. The van der Waals surface area contributed by atoms with E-state index in [2.05, 4.69) is 9.84 Å². The van der Waals surface area contributed by atoms with Crippen molar-refractivity contribution in [3.8, 4) is 22.8 Å². The van der Waals surface area contributed by atoms with E-state index in [4.69, 9.17) is 15.2 Å². The zero-order valence-electron chi connectivity index (χ0n) is 15.6. The first-order valence-corrected chi connectivity index (χ1v) is 9.32. The lowest BCUT2D eigenvalue weighted by Gasteiger charge is -2.17. The van der Waals surface area contributed by atoms with Crippen molar-refractivity contribution in [1.29, 1.82) is 0 Å². The summed E-state index contributed by atoms with van der Waals surface area (Å²) in [6.07, 6.45) is 2.96. The van der Waals surface area contributed by atoms with Gasteiger partial charge in [-0.25, -0.2) is 0 Å². The van der Waals surface area contributed by atoms with E-state index in [1.807, 2.05) is 36.5 Å². The first kappa shape index (κ1) is 19.2. The molecule has 1 saturated heterocycles. The molecule has 2 N–H and O–H groups in total. The Morgan fingerprint density at radius 1 is 1.14 bits per heavy atom. The number of alkyl halides is 2. The molecule has 1 aromatic heterocycles. The topological polar surface area (TPSA) is 71.5 Å². The molecule has 4 rings (SSSR count). The Hall–Kier alpha value is -3.13. The third kappa shape index (κ3) is 4.83. The van der Waals surface area contributed by atoms with Gasteiger partial charge < -0.3 is 19.9 Å². The first-order valence-electron chi connectivity index (χ1n) is 9.32. The molecule has 1 fully saturated rings. The Morgan fingerprint density at radius 2 is 1.97 bits per heavy atom. The van der Waals surface area contributed by atoms with E-state index in [1.54, 1.807) is 16.8 Å². The quantitative estimate of drug-likeness (QED) is 0.598. The number of ether oxygens (including phenoxy) is 3. The molecule has 29 heavy (non-hydrogen) atoms. The van der Waals surface area contributed by atoms with E-state index in [0.717, 1.165) is 17.5 Å². The number of nitrogens with two attached hydrogens (primary N) is 1. The van der Waals surface area contributed by atoms with E-state index in [9.17, 15) is 8.78 Å². The minimum Gasteiger partial charge on any atom is -0.461 e. The van der Waals surface area contributed by atoms with Gasteiger partial charge in [-0.3, -0.25) is 4.68 Å². The Balaban J connectivity index is 1.55. The number of halogens is 2. The molecule has 8 heteroatoms. The lowest BCUT2D eigenvalue weighted by atomic mass is 10.1. The molecule has 3 aromatic rings. The molecule has 0 unspecified atom stereocenters. The SMILES string of the molecule is Nc1ccc(Cn2ccc(-c3ccc(OC(F)F)c(O[C@H]4CCCO4)c3)n2)cc1. The molecule has 6 nitrogen and oxygen atoms in total. The fraction of sp³-hybridized carbons (Fsp3) is 0.286.